The van der Waals surface area contributed by atoms with E-state index in [1.807, 2.05) is 0 Å². The summed E-state index contributed by atoms with van der Waals surface area (Å²) >= 11 is 5.28. The smallest absolute Gasteiger partial charge is 0.212 e. The molecule has 0 N–H and O–H groups in total. The average Bonchev–Trinajstić information content (AvgIpc) is 2.82. The topological polar surface area (TPSA) is 37.4 Å². The molecular formula is C7H11ClF3NO2S. The van der Waals surface area contributed by atoms with Crippen LogP contribution in [0.5, 0.6) is 0 Å². The van der Waals surface area contributed by atoms with Crippen molar-refractivity contribution in [3.05, 3.63) is 0 Å². The van der Waals surface area contributed by atoms with E-state index in [9.17, 15) is 21.6 Å². The normalized spacial score (nSPS) is 18.5. The first kappa shape index (κ1) is 13.1. The molecule has 90 valence electrons. The Bertz CT molecular complexity index is 313. The molecule has 0 aliphatic heterocycles. The highest BCUT2D eigenvalue weighted by Gasteiger charge is 2.43. The van der Waals surface area contributed by atoms with Gasteiger partial charge in [0.2, 0.25) is 10.0 Å². The number of hydrogen-bond donors (Lipinski definition) is 0. The van der Waals surface area contributed by atoms with E-state index in [0.717, 1.165) is 0 Å². The molecule has 1 fully saturated rings. The third kappa shape index (κ3) is 3.81. The molecule has 0 spiro atoms. The summed E-state index contributed by atoms with van der Waals surface area (Å²) in [6.45, 7) is -1.74. The van der Waals surface area contributed by atoms with Gasteiger partial charge in [0.1, 0.15) is 6.54 Å². The predicted molar refractivity (Wildman–Crippen MR) is 50.3 cm³/mol. The molecule has 0 aromatic rings. The minimum absolute atomic E-state index is 0.137. The fourth-order valence-electron chi connectivity index (χ4n) is 1.17. The largest absolute Gasteiger partial charge is 0.402 e. The van der Waals surface area contributed by atoms with Crippen molar-refractivity contribution in [1.29, 1.82) is 0 Å². The Morgan fingerprint density at radius 1 is 1.33 bits per heavy atom. The molecule has 1 aliphatic rings. The van der Waals surface area contributed by atoms with Gasteiger partial charge in [0.15, 0.2) is 0 Å². The Labute approximate surface area is 91.2 Å². The number of hydrogen-bond acceptors (Lipinski definition) is 2. The van der Waals surface area contributed by atoms with Gasteiger partial charge in [0.25, 0.3) is 0 Å². The number of sulfonamides is 1. The molecule has 1 aliphatic carbocycles. The Morgan fingerprint density at radius 2 is 1.87 bits per heavy atom. The zero-order chi connectivity index (χ0) is 11.7. The van der Waals surface area contributed by atoms with Gasteiger partial charge in [-0.15, -0.1) is 11.6 Å². The molecule has 1 saturated carbocycles. The summed E-state index contributed by atoms with van der Waals surface area (Å²) in [5.74, 6) is -0.137. The lowest BCUT2D eigenvalue weighted by Crippen LogP contribution is -2.41. The van der Waals surface area contributed by atoms with Gasteiger partial charge in [-0.2, -0.15) is 17.5 Å². The van der Waals surface area contributed by atoms with Crippen molar-refractivity contribution in [3.63, 3.8) is 0 Å². The summed E-state index contributed by atoms with van der Waals surface area (Å²) in [7, 11) is -3.79. The molecule has 1 rings (SSSR count). The van der Waals surface area contributed by atoms with Gasteiger partial charge in [-0.05, 0) is 12.8 Å². The van der Waals surface area contributed by atoms with Gasteiger partial charge < -0.3 is 0 Å². The number of alkyl halides is 4. The van der Waals surface area contributed by atoms with Gasteiger partial charge in [-0.25, -0.2) is 8.42 Å². The lowest BCUT2D eigenvalue weighted by Gasteiger charge is -2.22. The second-order valence-corrected chi connectivity index (χ2v) is 5.97. The standard InChI is InChI=1S/C7H11ClF3NO2S/c8-3-4-12(5-7(9,10)11)15(13,14)6-1-2-6/h6H,1-5H2. The molecular weight excluding hydrogens is 255 g/mol. The highest BCUT2D eigenvalue weighted by molar-refractivity contribution is 7.90. The van der Waals surface area contributed by atoms with Crippen molar-refractivity contribution in [2.75, 3.05) is 19.0 Å². The van der Waals surface area contributed by atoms with Crippen LogP contribution in [0.3, 0.4) is 0 Å². The van der Waals surface area contributed by atoms with E-state index in [1.165, 1.54) is 0 Å². The Kier molecular flexibility index (Phi) is 3.89. The first-order chi connectivity index (χ1) is 6.77. The minimum Gasteiger partial charge on any atom is -0.212 e. The molecule has 0 bridgehead atoms. The Morgan fingerprint density at radius 3 is 2.20 bits per heavy atom. The molecule has 0 amide bonds. The van der Waals surface area contributed by atoms with Crippen LogP contribution in [0.25, 0.3) is 0 Å². The van der Waals surface area contributed by atoms with Crippen molar-refractivity contribution in [2.24, 2.45) is 0 Å². The van der Waals surface area contributed by atoms with E-state index in [2.05, 4.69) is 0 Å². The molecule has 0 aromatic carbocycles. The van der Waals surface area contributed by atoms with Crippen LogP contribution in [0.15, 0.2) is 0 Å². The predicted octanol–water partition coefficient (Wildman–Crippen LogP) is 1.58. The van der Waals surface area contributed by atoms with Crippen molar-refractivity contribution >= 4 is 21.6 Å². The van der Waals surface area contributed by atoms with Gasteiger partial charge in [0.05, 0.1) is 5.25 Å². The van der Waals surface area contributed by atoms with Gasteiger partial charge >= 0.3 is 6.18 Å². The molecule has 0 heterocycles. The maximum atomic E-state index is 12.1. The zero-order valence-electron chi connectivity index (χ0n) is 7.80. The van der Waals surface area contributed by atoms with Gasteiger partial charge in [-0.1, -0.05) is 0 Å². The van der Waals surface area contributed by atoms with Crippen molar-refractivity contribution in [1.82, 2.24) is 4.31 Å². The van der Waals surface area contributed by atoms with E-state index < -0.39 is 28.0 Å². The van der Waals surface area contributed by atoms with Crippen LogP contribution >= 0.6 is 11.6 Å². The monoisotopic (exact) mass is 265 g/mol. The summed E-state index contributed by atoms with van der Waals surface area (Å²) in [5, 5.41) is -0.636. The lowest BCUT2D eigenvalue weighted by molar-refractivity contribution is -0.135. The second-order valence-electron chi connectivity index (χ2n) is 3.38. The molecule has 0 atom stereocenters. The molecule has 0 aromatic heterocycles. The fraction of sp³-hybridized carbons (Fsp3) is 1.00. The van der Waals surface area contributed by atoms with Crippen LogP contribution in [0.2, 0.25) is 0 Å². The second kappa shape index (κ2) is 4.47. The maximum absolute atomic E-state index is 12.1. The van der Waals surface area contributed by atoms with E-state index in [0.29, 0.717) is 17.1 Å². The van der Waals surface area contributed by atoms with Crippen molar-refractivity contribution in [2.45, 2.75) is 24.3 Å². The molecule has 15 heavy (non-hydrogen) atoms. The van der Waals surface area contributed by atoms with Crippen LogP contribution in [0.4, 0.5) is 13.2 Å². The first-order valence-electron chi connectivity index (χ1n) is 4.39. The summed E-state index contributed by atoms with van der Waals surface area (Å²) in [6.07, 6.45) is -3.63. The summed E-state index contributed by atoms with van der Waals surface area (Å²) in [6, 6.07) is 0. The van der Waals surface area contributed by atoms with Crippen molar-refractivity contribution < 1.29 is 21.6 Å². The third-order valence-corrected chi connectivity index (χ3v) is 4.51. The summed E-state index contributed by atoms with van der Waals surface area (Å²) in [4.78, 5) is 0. The summed E-state index contributed by atoms with van der Waals surface area (Å²) < 4.78 is 59.8. The summed E-state index contributed by atoms with van der Waals surface area (Å²) in [5.41, 5.74) is 0. The number of nitrogens with zero attached hydrogens (tertiary/aromatic N) is 1. The molecule has 3 nitrogen and oxygen atoms in total. The SMILES string of the molecule is O=S(=O)(C1CC1)N(CCCl)CC(F)(F)F. The van der Waals surface area contributed by atoms with E-state index in [1.54, 1.807) is 0 Å². The van der Waals surface area contributed by atoms with Crippen LogP contribution in [0.1, 0.15) is 12.8 Å². The first-order valence-corrected chi connectivity index (χ1v) is 6.43. The highest BCUT2D eigenvalue weighted by atomic mass is 35.5. The Hall–Kier alpha value is -0.0100. The number of halogens is 4. The molecule has 0 saturated heterocycles. The highest BCUT2D eigenvalue weighted by Crippen LogP contribution is 2.32. The van der Waals surface area contributed by atoms with Crippen LogP contribution in [-0.4, -0.2) is 43.1 Å². The maximum Gasteiger partial charge on any atom is 0.402 e. The fourth-order valence-corrected chi connectivity index (χ4v) is 3.30. The Balaban J connectivity index is 2.73. The zero-order valence-corrected chi connectivity index (χ0v) is 9.37. The van der Waals surface area contributed by atoms with Crippen LogP contribution < -0.4 is 0 Å². The minimum atomic E-state index is -4.52. The van der Waals surface area contributed by atoms with E-state index >= 15 is 0 Å². The molecule has 0 radical (unpaired) electrons. The lowest BCUT2D eigenvalue weighted by atomic mass is 10.6. The van der Waals surface area contributed by atoms with Crippen LogP contribution in [0, 0.1) is 0 Å². The van der Waals surface area contributed by atoms with E-state index in [4.69, 9.17) is 11.6 Å². The van der Waals surface area contributed by atoms with Gasteiger partial charge in [0, 0.05) is 12.4 Å². The quantitative estimate of drug-likeness (QED) is 0.708. The molecule has 8 heteroatoms. The van der Waals surface area contributed by atoms with Gasteiger partial charge in [-0.3, -0.25) is 0 Å². The third-order valence-electron chi connectivity index (χ3n) is 2.00. The molecule has 0 unspecified atom stereocenters. The van der Waals surface area contributed by atoms with Crippen LogP contribution in [-0.2, 0) is 10.0 Å². The average molecular weight is 266 g/mol. The van der Waals surface area contributed by atoms with Crippen molar-refractivity contribution in [3.8, 4) is 0 Å². The number of rotatable bonds is 5. The van der Waals surface area contributed by atoms with E-state index in [-0.39, 0.29) is 12.4 Å².